The van der Waals surface area contributed by atoms with Crippen LogP contribution in [-0.2, 0) is 28.8 Å². The zero-order chi connectivity index (χ0) is 25.7. The molecule has 33 heavy (non-hydrogen) atoms. The Morgan fingerprint density at radius 1 is 0.848 bits per heavy atom. The van der Waals surface area contributed by atoms with Gasteiger partial charge in [-0.1, -0.05) is 0 Å². The van der Waals surface area contributed by atoms with Gasteiger partial charge in [0, 0.05) is 6.54 Å². The standard InChI is InChI=1S/C17H30N8O8/c1-7(13(29)25-10(16(32)33)6-12(27)28)23-15(31)9(3-2-4-22-17(20)21)24-14(30)8(18)5-11(19)26/h7-10H,2-6,18H2,1H3,(H2,19,26)(H,23,31)(H,24,30)(H,25,29)(H,27,28)(H,32,33)(H4,20,21,22). The van der Waals surface area contributed by atoms with Gasteiger partial charge >= 0.3 is 11.9 Å². The maximum absolute atomic E-state index is 12.6. The van der Waals surface area contributed by atoms with Crippen molar-refractivity contribution in [2.45, 2.75) is 56.8 Å². The highest BCUT2D eigenvalue weighted by atomic mass is 16.4. The monoisotopic (exact) mass is 474 g/mol. The van der Waals surface area contributed by atoms with E-state index in [1.165, 1.54) is 6.92 Å². The number of hydrogen-bond acceptors (Lipinski definition) is 8. The first kappa shape index (κ1) is 29.0. The molecule has 0 saturated heterocycles. The first-order chi connectivity index (χ1) is 15.2. The van der Waals surface area contributed by atoms with Crippen molar-refractivity contribution in [1.29, 1.82) is 0 Å². The van der Waals surface area contributed by atoms with E-state index in [4.69, 9.17) is 33.1 Å². The molecule has 0 rings (SSSR count). The summed E-state index contributed by atoms with van der Waals surface area (Å²) >= 11 is 0. The molecular formula is C17H30N8O8. The van der Waals surface area contributed by atoms with Crippen LogP contribution in [0.3, 0.4) is 0 Å². The van der Waals surface area contributed by atoms with E-state index in [2.05, 4.69) is 15.6 Å². The Labute approximate surface area is 188 Å². The maximum atomic E-state index is 12.6. The van der Waals surface area contributed by atoms with E-state index in [0.717, 1.165) is 0 Å². The van der Waals surface area contributed by atoms with Crippen LogP contribution in [0.5, 0.6) is 0 Å². The zero-order valence-electron chi connectivity index (χ0n) is 17.9. The molecule has 0 radical (unpaired) electrons. The molecule has 0 aliphatic heterocycles. The third-order valence-corrected chi connectivity index (χ3v) is 4.08. The molecule has 0 saturated carbocycles. The van der Waals surface area contributed by atoms with Crippen LogP contribution in [0.15, 0.2) is 4.99 Å². The molecule has 0 bridgehead atoms. The Balaban J connectivity index is 5.22. The fourth-order valence-electron chi connectivity index (χ4n) is 2.41. The molecule has 4 unspecified atom stereocenters. The average molecular weight is 474 g/mol. The number of aliphatic imine (C=N–C) groups is 1. The van der Waals surface area contributed by atoms with Crippen LogP contribution in [0.2, 0.25) is 0 Å². The number of aliphatic carboxylic acids is 2. The first-order valence-electron chi connectivity index (χ1n) is 9.69. The lowest BCUT2D eigenvalue weighted by molar-refractivity contribution is -0.147. The summed E-state index contributed by atoms with van der Waals surface area (Å²) in [6.07, 6.45) is -1.08. The van der Waals surface area contributed by atoms with Crippen molar-refractivity contribution in [2.24, 2.45) is 27.9 Å². The fraction of sp³-hybridized carbons (Fsp3) is 0.588. The van der Waals surface area contributed by atoms with Crippen LogP contribution in [0.25, 0.3) is 0 Å². The van der Waals surface area contributed by atoms with Crippen molar-refractivity contribution < 1.29 is 39.0 Å². The van der Waals surface area contributed by atoms with E-state index in [9.17, 15) is 28.8 Å². The lowest BCUT2D eigenvalue weighted by Crippen LogP contribution is -2.56. The number of guanidine groups is 1. The highest BCUT2D eigenvalue weighted by molar-refractivity contribution is 5.95. The lowest BCUT2D eigenvalue weighted by Gasteiger charge is -2.23. The van der Waals surface area contributed by atoms with E-state index in [1.807, 2.05) is 5.32 Å². The predicted octanol–water partition coefficient (Wildman–Crippen LogP) is -4.72. The van der Waals surface area contributed by atoms with Gasteiger partial charge in [-0.2, -0.15) is 0 Å². The van der Waals surface area contributed by atoms with Crippen LogP contribution in [0.4, 0.5) is 0 Å². The average Bonchev–Trinajstić information content (AvgIpc) is 2.68. The second-order valence-electron chi connectivity index (χ2n) is 7.01. The highest BCUT2D eigenvalue weighted by Crippen LogP contribution is 2.02. The van der Waals surface area contributed by atoms with Gasteiger partial charge in [0.05, 0.1) is 18.9 Å². The number of nitrogens with one attached hydrogen (secondary N) is 3. The van der Waals surface area contributed by atoms with Crippen molar-refractivity contribution in [3.63, 3.8) is 0 Å². The number of nitrogens with zero attached hydrogens (tertiary/aromatic N) is 1. The first-order valence-corrected chi connectivity index (χ1v) is 9.69. The molecule has 0 aromatic rings. The Bertz CT molecular complexity index is 783. The summed E-state index contributed by atoms with van der Waals surface area (Å²) in [4.78, 5) is 73.5. The van der Waals surface area contributed by atoms with Gasteiger partial charge in [0.2, 0.25) is 23.6 Å². The molecular weight excluding hydrogens is 444 g/mol. The molecule has 186 valence electrons. The van der Waals surface area contributed by atoms with Gasteiger partial charge < -0.3 is 49.1 Å². The predicted molar refractivity (Wildman–Crippen MR) is 113 cm³/mol. The number of carbonyl (C=O) groups excluding carboxylic acids is 4. The van der Waals surface area contributed by atoms with Crippen molar-refractivity contribution in [3.05, 3.63) is 0 Å². The maximum Gasteiger partial charge on any atom is 0.326 e. The molecule has 16 heteroatoms. The molecule has 16 nitrogen and oxygen atoms in total. The summed E-state index contributed by atoms with van der Waals surface area (Å²) in [7, 11) is 0. The van der Waals surface area contributed by atoms with E-state index in [0.29, 0.717) is 0 Å². The minimum Gasteiger partial charge on any atom is -0.481 e. The van der Waals surface area contributed by atoms with E-state index in [1.54, 1.807) is 0 Å². The summed E-state index contributed by atoms with van der Waals surface area (Å²) in [5.41, 5.74) is 21.0. The molecule has 4 atom stereocenters. The highest BCUT2D eigenvalue weighted by Gasteiger charge is 2.29. The normalized spacial score (nSPS) is 14.0. The van der Waals surface area contributed by atoms with Crippen LogP contribution < -0.4 is 38.9 Å². The van der Waals surface area contributed by atoms with Gasteiger partial charge in [-0.3, -0.25) is 29.0 Å². The number of carboxylic acid groups (broad SMARTS) is 2. The molecule has 0 aliphatic carbocycles. The van der Waals surface area contributed by atoms with Crippen LogP contribution >= 0.6 is 0 Å². The van der Waals surface area contributed by atoms with Crippen molar-refractivity contribution in [3.8, 4) is 0 Å². The number of carbonyl (C=O) groups is 6. The molecule has 0 fully saturated rings. The summed E-state index contributed by atoms with van der Waals surface area (Å²) in [5, 5.41) is 24.4. The smallest absolute Gasteiger partial charge is 0.326 e. The van der Waals surface area contributed by atoms with Gasteiger partial charge in [-0.25, -0.2) is 4.79 Å². The lowest BCUT2D eigenvalue weighted by atomic mass is 10.1. The Morgan fingerprint density at radius 2 is 1.42 bits per heavy atom. The summed E-state index contributed by atoms with van der Waals surface area (Å²) in [6, 6.07) is -5.53. The third kappa shape index (κ3) is 12.5. The fourth-order valence-corrected chi connectivity index (χ4v) is 2.41. The zero-order valence-corrected chi connectivity index (χ0v) is 17.9. The van der Waals surface area contributed by atoms with Crippen molar-refractivity contribution >= 4 is 41.5 Å². The van der Waals surface area contributed by atoms with Crippen LogP contribution in [0.1, 0.15) is 32.6 Å². The van der Waals surface area contributed by atoms with E-state index < -0.39 is 72.6 Å². The van der Waals surface area contributed by atoms with E-state index >= 15 is 0 Å². The molecule has 0 aliphatic rings. The van der Waals surface area contributed by atoms with E-state index in [-0.39, 0.29) is 25.3 Å². The number of hydrogen-bond donors (Lipinski definition) is 9. The third-order valence-electron chi connectivity index (χ3n) is 4.08. The summed E-state index contributed by atoms with van der Waals surface area (Å²) < 4.78 is 0. The summed E-state index contributed by atoms with van der Waals surface area (Å²) in [5.74, 6) is -6.66. The minimum absolute atomic E-state index is 0.0166. The minimum atomic E-state index is -1.71. The van der Waals surface area contributed by atoms with Gasteiger partial charge in [0.1, 0.15) is 18.1 Å². The number of rotatable bonds is 15. The second kappa shape index (κ2) is 14.2. The second-order valence-corrected chi connectivity index (χ2v) is 7.01. The molecule has 13 N–H and O–H groups in total. The molecule has 0 heterocycles. The summed E-state index contributed by atoms with van der Waals surface area (Å²) in [6.45, 7) is 1.35. The van der Waals surface area contributed by atoms with Crippen LogP contribution in [0, 0.1) is 0 Å². The SMILES string of the molecule is CC(NC(=O)C(CCCN=C(N)N)NC(=O)C(N)CC(N)=O)C(=O)NC(CC(=O)O)C(=O)O. The quantitative estimate of drug-likeness (QED) is 0.0616. The molecule has 0 aromatic heterocycles. The largest absolute Gasteiger partial charge is 0.481 e. The number of nitrogens with two attached hydrogens (primary N) is 4. The number of amides is 4. The topological polar surface area (TPSA) is 295 Å². The Morgan fingerprint density at radius 3 is 1.91 bits per heavy atom. The number of primary amides is 1. The van der Waals surface area contributed by atoms with Gasteiger partial charge in [0.15, 0.2) is 5.96 Å². The van der Waals surface area contributed by atoms with Gasteiger partial charge in [-0.15, -0.1) is 0 Å². The van der Waals surface area contributed by atoms with Gasteiger partial charge in [-0.05, 0) is 19.8 Å². The molecule has 0 spiro atoms. The number of carboxylic acids is 2. The molecule has 0 aromatic carbocycles. The van der Waals surface area contributed by atoms with Crippen molar-refractivity contribution in [2.75, 3.05) is 6.54 Å². The Hall–Kier alpha value is -3.95. The molecule has 4 amide bonds. The van der Waals surface area contributed by atoms with Crippen molar-refractivity contribution in [1.82, 2.24) is 16.0 Å². The van der Waals surface area contributed by atoms with Crippen LogP contribution in [-0.4, -0.2) is 82.5 Å². The Kier molecular flexibility index (Phi) is 12.5. The van der Waals surface area contributed by atoms with Gasteiger partial charge in [0.25, 0.3) is 0 Å².